The van der Waals surface area contributed by atoms with E-state index in [2.05, 4.69) is 19.2 Å². The smallest absolute Gasteiger partial charge is 0.252 e. The van der Waals surface area contributed by atoms with Crippen LogP contribution in [0, 0.1) is 0 Å². The van der Waals surface area contributed by atoms with Crippen molar-refractivity contribution in [2.24, 2.45) is 0 Å². The van der Waals surface area contributed by atoms with Gasteiger partial charge in [0.25, 0.3) is 10.0 Å². The molecule has 0 saturated heterocycles. The van der Waals surface area contributed by atoms with Crippen LogP contribution >= 0.6 is 11.3 Å². The molecule has 0 spiro atoms. The highest BCUT2D eigenvalue weighted by molar-refractivity contribution is 7.91. The van der Waals surface area contributed by atoms with Crippen molar-refractivity contribution in [2.75, 3.05) is 20.1 Å². The first-order valence-electron chi connectivity index (χ1n) is 6.66. The number of nitrogens with zero attached hydrogens (tertiary/aromatic N) is 1. The molecule has 1 heterocycles. The summed E-state index contributed by atoms with van der Waals surface area (Å²) in [5.74, 6) is 0. The molecule has 0 aliphatic carbocycles. The molecule has 0 unspecified atom stereocenters. The van der Waals surface area contributed by atoms with Crippen LogP contribution in [0.15, 0.2) is 16.3 Å². The van der Waals surface area contributed by atoms with Crippen LogP contribution in [0.25, 0.3) is 0 Å². The summed E-state index contributed by atoms with van der Waals surface area (Å²) in [6.07, 6.45) is 1.70. The predicted molar refractivity (Wildman–Crippen MR) is 81.3 cm³/mol. The maximum atomic E-state index is 12.2. The normalized spacial score (nSPS) is 12.5. The van der Waals surface area contributed by atoms with Crippen molar-refractivity contribution in [2.45, 2.75) is 43.9 Å². The molecule has 19 heavy (non-hydrogen) atoms. The molecule has 0 fully saturated rings. The highest BCUT2D eigenvalue weighted by Gasteiger charge is 2.21. The lowest BCUT2D eigenvalue weighted by Crippen LogP contribution is -2.26. The Morgan fingerprint density at radius 2 is 2.05 bits per heavy atom. The van der Waals surface area contributed by atoms with E-state index in [1.807, 2.05) is 13.0 Å². The zero-order valence-corrected chi connectivity index (χ0v) is 13.8. The molecular weight excluding hydrogens is 280 g/mol. The van der Waals surface area contributed by atoms with Gasteiger partial charge >= 0.3 is 0 Å². The molecule has 1 rings (SSSR count). The number of nitrogens with one attached hydrogen (secondary N) is 1. The van der Waals surface area contributed by atoms with Gasteiger partial charge in [-0.15, -0.1) is 11.3 Å². The third kappa shape index (κ3) is 4.87. The van der Waals surface area contributed by atoms with Gasteiger partial charge in [-0.2, -0.15) is 0 Å². The fourth-order valence-corrected chi connectivity index (χ4v) is 4.53. The van der Waals surface area contributed by atoms with Gasteiger partial charge < -0.3 is 5.32 Å². The second-order valence-electron chi connectivity index (χ2n) is 4.91. The third-order valence-corrected chi connectivity index (χ3v) is 6.23. The highest BCUT2D eigenvalue weighted by Crippen LogP contribution is 2.24. The molecule has 0 radical (unpaired) electrons. The van der Waals surface area contributed by atoms with Crippen LogP contribution in [0.4, 0.5) is 0 Å². The van der Waals surface area contributed by atoms with E-state index in [4.69, 9.17) is 0 Å². The van der Waals surface area contributed by atoms with Gasteiger partial charge in [0, 0.05) is 31.1 Å². The van der Waals surface area contributed by atoms with Crippen molar-refractivity contribution >= 4 is 21.4 Å². The highest BCUT2D eigenvalue weighted by atomic mass is 32.2. The molecule has 1 N–H and O–H groups in total. The van der Waals surface area contributed by atoms with Crippen LogP contribution < -0.4 is 5.32 Å². The van der Waals surface area contributed by atoms with Crippen LogP contribution in [-0.4, -0.2) is 38.9 Å². The van der Waals surface area contributed by atoms with Gasteiger partial charge in [0.2, 0.25) is 0 Å². The lowest BCUT2D eigenvalue weighted by atomic mass is 10.3. The Kier molecular flexibility index (Phi) is 6.46. The van der Waals surface area contributed by atoms with Gasteiger partial charge in [-0.3, -0.25) is 0 Å². The number of hydrogen-bond donors (Lipinski definition) is 1. The molecular formula is C13H24N2O2S2. The largest absolute Gasteiger partial charge is 0.314 e. The summed E-state index contributed by atoms with van der Waals surface area (Å²) in [6.45, 7) is 7.62. The summed E-state index contributed by atoms with van der Waals surface area (Å²) in [6, 6.07) is 4.09. The van der Waals surface area contributed by atoms with Gasteiger partial charge in [0.1, 0.15) is 4.21 Å². The van der Waals surface area contributed by atoms with Crippen molar-refractivity contribution in [3.8, 4) is 0 Å². The maximum Gasteiger partial charge on any atom is 0.252 e. The summed E-state index contributed by atoms with van der Waals surface area (Å²) in [5.41, 5.74) is 0. The zero-order valence-electron chi connectivity index (χ0n) is 12.1. The summed E-state index contributed by atoms with van der Waals surface area (Å²) >= 11 is 1.38. The van der Waals surface area contributed by atoms with Gasteiger partial charge in [-0.25, -0.2) is 12.7 Å². The monoisotopic (exact) mass is 304 g/mol. The molecule has 0 aliphatic heterocycles. The summed E-state index contributed by atoms with van der Waals surface area (Å²) in [5, 5.41) is 3.33. The fourth-order valence-electron chi connectivity index (χ4n) is 1.70. The Morgan fingerprint density at radius 1 is 1.37 bits per heavy atom. The van der Waals surface area contributed by atoms with Crippen molar-refractivity contribution in [3.63, 3.8) is 0 Å². The molecule has 0 aromatic carbocycles. The van der Waals surface area contributed by atoms with E-state index in [-0.39, 0.29) is 0 Å². The first-order chi connectivity index (χ1) is 8.87. The zero-order chi connectivity index (χ0) is 14.5. The second kappa shape index (κ2) is 7.38. The molecule has 1 aromatic rings. The van der Waals surface area contributed by atoms with Gasteiger partial charge in [-0.05, 0) is 25.0 Å². The average molecular weight is 304 g/mol. The number of sulfonamides is 1. The first-order valence-corrected chi connectivity index (χ1v) is 8.92. The van der Waals surface area contributed by atoms with Crippen LogP contribution in [-0.2, 0) is 16.4 Å². The number of hydrogen-bond acceptors (Lipinski definition) is 4. The number of thiophene rings is 1. The van der Waals surface area contributed by atoms with Crippen LogP contribution in [0.5, 0.6) is 0 Å². The van der Waals surface area contributed by atoms with E-state index in [0.717, 1.165) is 24.3 Å². The van der Waals surface area contributed by atoms with E-state index in [0.29, 0.717) is 16.8 Å². The molecule has 0 amide bonds. The Bertz CT molecular complexity index is 481. The van der Waals surface area contributed by atoms with Crippen molar-refractivity contribution in [3.05, 3.63) is 17.0 Å². The summed E-state index contributed by atoms with van der Waals surface area (Å²) in [4.78, 5) is 1.11. The summed E-state index contributed by atoms with van der Waals surface area (Å²) in [7, 11) is -1.65. The third-order valence-electron chi connectivity index (χ3n) is 2.76. The first kappa shape index (κ1) is 16.6. The molecule has 0 saturated carbocycles. The van der Waals surface area contributed by atoms with Crippen molar-refractivity contribution in [1.82, 2.24) is 9.62 Å². The Hall–Kier alpha value is -0.430. The summed E-state index contributed by atoms with van der Waals surface area (Å²) < 4.78 is 26.3. The van der Waals surface area contributed by atoms with Crippen LogP contribution in [0.1, 0.15) is 32.1 Å². The van der Waals surface area contributed by atoms with Crippen LogP contribution in [0.2, 0.25) is 0 Å². The van der Waals surface area contributed by atoms with Gasteiger partial charge in [0.05, 0.1) is 0 Å². The van der Waals surface area contributed by atoms with Crippen molar-refractivity contribution in [1.29, 1.82) is 0 Å². The number of rotatable bonds is 8. The van der Waals surface area contributed by atoms with E-state index >= 15 is 0 Å². The lowest BCUT2D eigenvalue weighted by molar-refractivity contribution is 0.470. The van der Waals surface area contributed by atoms with E-state index in [1.54, 1.807) is 13.1 Å². The topological polar surface area (TPSA) is 49.4 Å². The molecule has 0 atom stereocenters. The molecule has 4 nitrogen and oxygen atoms in total. The van der Waals surface area contributed by atoms with Gasteiger partial charge in [-0.1, -0.05) is 20.8 Å². The molecule has 6 heteroatoms. The molecule has 0 aliphatic rings. The minimum Gasteiger partial charge on any atom is -0.314 e. The minimum absolute atomic E-state index is 0.447. The average Bonchev–Trinajstić information content (AvgIpc) is 2.78. The maximum absolute atomic E-state index is 12.2. The Labute approximate surface area is 120 Å². The minimum atomic E-state index is -3.29. The van der Waals surface area contributed by atoms with E-state index in [1.165, 1.54) is 15.6 Å². The fraction of sp³-hybridized carbons (Fsp3) is 0.692. The van der Waals surface area contributed by atoms with Crippen molar-refractivity contribution < 1.29 is 8.42 Å². The van der Waals surface area contributed by atoms with Gasteiger partial charge in [0.15, 0.2) is 0 Å². The van der Waals surface area contributed by atoms with Crippen LogP contribution in [0.3, 0.4) is 0 Å². The Balaban J connectivity index is 2.68. The molecule has 0 bridgehead atoms. The van der Waals surface area contributed by atoms with E-state index < -0.39 is 10.0 Å². The lowest BCUT2D eigenvalue weighted by Gasteiger charge is -2.14. The quantitative estimate of drug-likeness (QED) is 0.802. The molecule has 1 aromatic heterocycles. The predicted octanol–water partition coefficient (Wildman–Crippen LogP) is 2.32. The molecule has 110 valence electrons. The standard InChI is InChI=1S/C13H24N2O2S2/c1-5-10-15(4)19(16,17)13-7-6-12(18-13)8-9-14-11(2)3/h6-7,11,14H,5,8-10H2,1-4H3. The Morgan fingerprint density at radius 3 is 2.63 bits per heavy atom. The second-order valence-corrected chi connectivity index (χ2v) is 8.35. The SMILES string of the molecule is CCCN(C)S(=O)(=O)c1ccc(CCNC(C)C)s1. The van der Waals surface area contributed by atoms with E-state index in [9.17, 15) is 8.42 Å².